The monoisotopic (exact) mass is 399 g/mol. The van der Waals surface area contributed by atoms with E-state index in [-0.39, 0.29) is 0 Å². The maximum absolute atomic E-state index is 13.9. The number of hydrogen-bond acceptors (Lipinski definition) is 4. The maximum Gasteiger partial charge on any atom is 0.259 e. The van der Waals surface area contributed by atoms with Crippen molar-refractivity contribution in [3.8, 4) is 11.3 Å². The smallest absolute Gasteiger partial charge is 0.259 e. The molecule has 0 radical (unpaired) electrons. The molecular weight excluding hydrogens is 380 g/mol. The van der Waals surface area contributed by atoms with Gasteiger partial charge in [-0.25, -0.2) is 13.8 Å². The zero-order chi connectivity index (χ0) is 19.5. The summed E-state index contributed by atoms with van der Waals surface area (Å²) in [6.07, 6.45) is 0. The van der Waals surface area contributed by atoms with Crippen LogP contribution in [-0.2, 0) is 6.54 Å². The molecule has 4 rings (SSSR count). The van der Waals surface area contributed by atoms with E-state index in [1.54, 1.807) is 11.3 Å². The lowest BCUT2D eigenvalue weighted by molar-refractivity contribution is 0.0619. The first kappa shape index (κ1) is 18.7. The number of thiazole rings is 1. The van der Waals surface area contributed by atoms with E-state index in [4.69, 9.17) is 4.98 Å². The molecule has 1 aromatic heterocycles. The number of aromatic nitrogens is 1. The Balaban J connectivity index is 1.36. The third-order valence-electron chi connectivity index (χ3n) is 4.82. The highest BCUT2D eigenvalue weighted by Crippen LogP contribution is 2.23. The van der Waals surface area contributed by atoms with Gasteiger partial charge in [-0.3, -0.25) is 9.69 Å². The molecule has 0 unspecified atom stereocenters. The van der Waals surface area contributed by atoms with E-state index in [9.17, 15) is 13.6 Å². The molecule has 0 atom stereocenters. The zero-order valence-corrected chi connectivity index (χ0v) is 16.0. The lowest BCUT2D eigenvalue weighted by Gasteiger charge is -2.34. The first-order valence-electron chi connectivity index (χ1n) is 9.07. The summed E-state index contributed by atoms with van der Waals surface area (Å²) >= 11 is 1.61. The van der Waals surface area contributed by atoms with Crippen molar-refractivity contribution in [1.82, 2.24) is 14.8 Å². The number of benzene rings is 2. The Morgan fingerprint density at radius 2 is 1.64 bits per heavy atom. The minimum absolute atomic E-state index is 0.434. The second kappa shape index (κ2) is 8.16. The summed E-state index contributed by atoms with van der Waals surface area (Å²) in [5.74, 6) is -2.22. The molecule has 1 aliphatic rings. The van der Waals surface area contributed by atoms with E-state index in [0.29, 0.717) is 32.7 Å². The first-order valence-corrected chi connectivity index (χ1v) is 9.95. The summed E-state index contributed by atoms with van der Waals surface area (Å²) in [6.45, 7) is 2.85. The summed E-state index contributed by atoms with van der Waals surface area (Å²) in [5, 5.41) is 3.06. The largest absolute Gasteiger partial charge is 0.336 e. The number of piperazine rings is 1. The van der Waals surface area contributed by atoms with Crippen LogP contribution in [0.1, 0.15) is 15.4 Å². The Bertz CT molecular complexity index is 949. The van der Waals surface area contributed by atoms with Gasteiger partial charge in [-0.15, -0.1) is 11.3 Å². The van der Waals surface area contributed by atoms with Crippen LogP contribution >= 0.6 is 11.3 Å². The fourth-order valence-corrected chi connectivity index (χ4v) is 4.13. The number of carbonyl (C=O) groups is 1. The summed E-state index contributed by atoms with van der Waals surface area (Å²) in [4.78, 5) is 20.9. The van der Waals surface area contributed by atoms with Crippen LogP contribution in [0.5, 0.6) is 0 Å². The summed E-state index contributed by atoms with van der Waals surface area (Å²) in [6, 6.07) is 13.5. The van der Waals surface area contributed by atoms with Gasteiger partial charge in [0, 0.05) is 37.1 Å². The van der Waals surface area contributed by atoms with Crippen molar-refractivity contribution in [1.29, 1.82) is 0 Å². The van der Waals surface area contributed by atoms with E-state index in [2.05, 4.69) is 4.90 Å². The zero-order valence-electron chi connectivity index (χ0n) is 15.1. The third-order valence-corrected chi connectivity index (χ3v) is 5.65. The van der Waals surface area contributed by atoms with Gasteiger partial charge >= 0.3 is 0 Å². The van der Waals surface area contributed by atoms with Crippen LogP contribution in [0.2, 0.25) is 0 Å². The average Bonchev–Trinajstić information content (AvgIpc) is 3.17. The Labute approximate surface area is 166 Å². The van der Waals surface area contributed by atoms with Crippen LogP contribution in [0.4, 0.5) is 8.78 Å². The molecule has 28 heavy (non-hydrogen) atoms. The Morgan fingerprint density at radius 1 is 0.964 bits per heavy atom. The van der Waals surface area contributed by atoms with Gasteiger partial charge < -0.3 is 4.90 Å². The quantitative estimate of drug-likeness (QED) is 0.664. The van der Waals surface area contributed by atoms with Crippen molar-refractivity contribution in [3.05, 3.63) is 76.1 Å². The molecule has 0 spiro atoms. The van der Waals surface area contributed by atoms with Crippen LogP contribution in [0.15, 0.2) is 53.9 Å². The van der Waals surface area contributed by atoms with Crippen LogP contribution in [0.25, 0.3) is 11.3 Å². The van der Waals surface area contributed by atoms with Gasteiger partial charge in [0.1, 0.15) is 22.2 Å². The molecule has 0 bridgehead atoms. The van der Waals surface area contributed by atoms with Gasteiger partial charge in [-0.1, -0.05) is 36.4 Å². The topological polar surface area (TPSA) is 36.4 Å². The van der Waals surface area contributed by atoms with Gasteiger partial charge in [-0.2, -0.15) is 0 Å². The van der Waals surface area contributed by atoms with Crippen molar-refractivity contribution < 1.29 is 13.6 Å². The fraction of sp³-hybridized carbons (Fsp3) is 0.238. The van der Waals surface area contributed by atoms with Gasteiger partial charge in [-0.05, 0) is 12.1 Å². The molecule has 0 saturated carbocycles. The number of halogens is 2. The Morgan fingerprint density at radius 3 is 2.32 bits per heavy atom. The highest BCUT2D eigenvalue weighted by molar-refractivity contribution is 7.09. The van der Waals surface area contributed by atoms with E-state index >= 15 is 0 Å². The molecular formula is C21H19F2N3OS. The van der Waals surface area contributed by atoms with Gasteiger partial charge in [0.15, 0.2) is 0 Å². The second-order valence-electron chi connectivity index (χ2n) is 6.66. The maximum atomic E-state index is 13.9. The van der Waals surface area contributed by atoms with Crippen molar-refractivity contribution in [3.63, 3.8) is 0 Å². The Hall–Kier alpha value is -2.64. The second-order valence-corrected chi connectivity index (χ2v) is 7.60. The number of carbonyl (C=O) groups excluding carboxylic acids is 1. The van der Waals surface area contributed by atoms with E-state index in [1.807, 2.05) is 35.7 Å². The summed E-state index contributed by atoms with van der Waals surface area (Å²) in [5.41, 5.74) is 1.58. The van der Waals surface area contributed by atoms with Crippen molar-refractivity contribution in [2.45, 2.75) is 6.54 Å². The van der Waals surface area contributed by atoms with Gasteiger partial charge in [0.2, 0.25) is 0 Å². The van der Waals surface area contributed by atoms with Gasteiger partial charge in [0.05, 0.1) is 12.2 Å². The SMILES string of the molecule is O=C(c1c(F)cccc1F)N1CCN(Cc2nc(-c3ccccc3)cs2)CC1. The van der Waals surface area contributed by atoms with Crippen molar-refractivity contribution >= 4 is 17.2 Å². The highest BCUT2D eigenvalue weighted by atomic mass is 32.1. The highest BCUT2D eigenvalue weighted by Gasteiger charge is 2.26. The summed E-state index contributed by atoms with van der Waals surface area (Å²) < 4.78 is 27.7. The Kier molecular flexibility index (Phi) is 5.45. The molecule has 2 heterocycles. The number of rotatable bonds is 4. The van der Waals surface area contributed by atoms with Crippen LogP contribution < -0.4 is 0 Å². The normalized spacial score (nSPS) is 15.0. The van der Waals surface area contributed by atoms with E-state index in [1.165, 1.54) is 11.0 Å². The molecule has 0 N–H and O–H groups in total. The lowest BCUT2D eigenvalue weighted by atomic mass is 10.1. The van der Waals surface area contributed by atoms with Crippen LogP contribution in [0.3, 0.4) is 0 Å². The molecule has 1 amide bonds. The predicted octanol–water partition coefficient (Wildman–Crippen LogP) is 4.05. The molecule has 7 heteroatoms. The van der Waals surface area contributed by atoms with Crippen LogP contribution in [0, 0.1) is 11.6 Å². The van der Waals surface area contributed by atoms with Crippen molar-refractivity contribution in [2.75, 3.05) is 26.2 Å². The predicted molar refractivity (Wildman–Crippen MR) is 105 cm³/mol. The fourth-order valence-electron chi connectivity index (χ4n) is 3.29. The number of nitrogens with zero attached hydrogens (tertiary/aromatic N) is 3. The summed E-state index contributed by atoms with van der Waals surface area (Å²) in [7, 11) is 0. The molecule has 4 nitrogen and oxygen atoms in total. The molecule has 1 aliphatic heterocycles. The van der Waals surface area contributed by atoms with E-state index < -0.39 is 23.1 Å². The third kappa shape index (κ3) is 3.95. The molecule has 2 aromatic carbocycles. The van der Waals surface area contributed by atoms with Crippen LogP contribution in [-0.4, -0.2) is 46.9 Å². The minimum Gasteiger partial charge on any atom is -0.336 e. The van der Waals surface area contributed by atoms with E-state index in [0.717, 1.165) is 28.4 Å². The minimum atomic E-state index is -0.816. The average molecular weight is 399 g/mol. The molecule has 144 valence electrons. The molecule has 0 aliphatic carbocycles. The first-order chi connectivity index (χ1) is 13.6. The molecule has 3 aromatic rings. The van der Waals surface area contributed by atoms with Gasteiger partial charge in [0.25, 0.3) is 5.91 Å². The molecule has 1 fully saturated rings. The standard InChI is InChI=1S/C21H19F2N3OS/c22-16-7-4-8-17(23)20(16)21(27)26-11-9-25(10-12-26)13-19-24-18(14-28-19)15-5-2-1-3-6-15/h1-8,14H,9-13H2. The number of hydrogen-bond donors (Lipinski definition) is 0. The molecule has 1 saturated heterocycles. The number of amides is 1. The van der Waals surface area contributed by atoms with Crippen molar-refractivity contribution in [2.24, 2.45) is 0 Å². The lowest BCUT2D eigenvalue weighted by Crippen LogP contribution is -2.48.